The smallest absolute Gasteiger partial charge is 0.263 e. The van der Waals surface area contributed by atoms with Crippen LogP contribution in [-0.4, -0.2) is 30.8 Å². The second-order valence-corrected chi connectivity index (χ2v) is 7.93. The van der Waals surface area contributed by atoms with Crippen LogP contribution in [0.2, 0.25) is 0 Å². The molecular formula is C24H21NO5S. The van der Waals surface area contributed by atoms with Crippen molar-refractivity contribution in [2.24, 2.45) is 0 Å². The molecule has 0 aliphatic carbocycles. The molecule has 6 nitrogen and oxygen atoms in total. The SMILES string of the molecule is COc1ccc(C(=O)CCC(=O)c2nc(-c3csc4c(C)cccc34)co2)cc1OC. The number of ketones is 2. The number of aromatic nitrogens is 1. The highest BCUT2D eigenvalue weighted by atomic mass is 32.1. The van der Waals surface area contributed by atoms with Crippen LogP contribution in [0.3, 0.4) is 0 Å². The van der Waals surface area contributed by atoms with Gasteiger partial charge in [-0.05, 0) is 30.7 Å². The molecule has 4 rings (SSSR count). The molecular weight excluding hydrogens is 414 g/mol. The number of methoxy groups -OCH3 is 2. The van der Waals surface area contributed by atoms with E-state index in [-0.39, 0.29) is 30.3 Å². The second-order valence-electron chi connectivity index (χ2n) is 7.05. The molecule has 0 N–H and O–H groups in total. The molecule has 0 unspecified atom stereocenters. The van der Waals surface area contributed by atoms with Gasteiger partial charge in [0, 0.05) is 39.4 Å². The van der Waals surface area contributed by atoms with Crippen molar-refractivity contribution in [1.82, 2.24) is 4.98 Å². The quantitative estimate of drug-likeness (QED) is 0.329. The fraction of sp³-hybridized carbons (Fsp3) is 0.208. The number of aryl methyl sites for hydroxylation is 1. The van der Waals surface area contributed by atoms with Crippen molar-refractivity contribution in [1.29, 1.82) is 0 Å². The summed E-state index contributed by atoms with van der Waals surface area (Å²) in [5.74, 6) is 0.548. The topological polar surface area (TPSA) is 78.6 Å². The van der Waals surface area contributed by atoms with Gasteiger partial charge in [-0.2, -0.15) is 0 Å². The summed E-state index contributed by atoms with van der Waals surface area (Å²) in [7, 11) is 3.04. The number of ether oxygens (including phenoxy) is 2. The van der Waals surface area contributed by atoms with Gasteiger partial charge in [0.15, 0.2) is 17.3 Å². The van der Waals surface area contributed by atoms with E-state index >= 15 is 0 Å². The van der Waals surface area contributed by atoms with Crippen LogP contribution in [0.15, 0.2) is 52.5 Å². The third-order valence-electron chi connectivity index (χ3n) is 5.10. The number of benzene rings is 2. The third-order valence-corrected chi connectivity index (χ3v) is 6.23. The molecule has 2 aromatic carbocycles. The number of thiophene rings is 1. The Morgan fingerprint density at radius 2 is 1.81 bits per heavy atom. The summed E-state index contributed by atoms with van der Waals surface area (Å²) in [5.41, 5.74) is 3.21. The Kier molecular flexibility index (Phi) is 5.86. The van der Waals surface area contributed by atoms with Crippen LogP contribution in [0.5, 0.6) is 11.5 Å². The minimum atomic E-state index is -0.309. The molecule has 2 heterocycles. The summed E-state index contributed by atoms with van der Waals surface area (Å²) in [4.78, 5) is 29.5. The van der Waals surface area contributed by atoms with E-state index in [0.717, 1.165) is 10.9 Å². The number of rotatable bonds is 8. The molecule has 0 spiro atoms. The van der Waals surface area contributed by atoms with Crippen LogP contribution in [-0.2, 0) is 0 Å². The van der Waals surface area contributed by atoms with Gasteiger partial charge in [-0.1, -0.05) is 18.2 Å². The lowest BCUT2D eigenvalue weighted by Crippen LogP contribution is -2.06. The Balaban J connectivity index is 1.46. The van der Waals surface area contributed by atoms with Crippen LogP contribution < -0.4 is 9.47 Å². The van der Waals surface area contributed by atoms with Gasteiger partial charge < -0.3 is 13.9 Å². The Labute approximate surface area is 183 Å². The van der Waals surface area contributed by atoms with Crippen LogP contribution in [0, 0.1) is 6.92 Å². The molecule has 0 bridgehead atoms. The molecule has 0 saturated carbocycles. The van der Waals surface area contributed by atoms with Gasteiger partial charge in [0.05, 0.1) is 14.2 Å². The molecule has 0 aliphatic heterocycles. The minimum absolute atomic E-state index is 0.0105. The summed E-state index contributed by atoms with van der Waals surface area (Å²) in [5, 5.41) is 3.10. The van der Waals surface area contributed by atoms with Crippen LogP contribution in [0.1, 0.15) is 39.4 Å². The monoisotopic (exact) mass is 435 g/mol. The normalized spacial score (nSPS) is 10.9. The number of nitrogens with zero attached hydrogens (tertiary/aromatic N) is 1. The van der Waals surface area contributed by atoms with E-state index in [9.17, 15) is 9.59 Å². The molecule has 0 aliphatic rings. The average molecular weight is 436 g/mol. The highest BCUT2D eigenvalue weighted by Crippen LogP contribution is 2.35. The van der Waals surface area contributed by atoms with E-state index in [1.165, 1.54) is 30.7 Å². The van der Waals surface area contributed by atoms with Crippen molar-refractivity contribution in [3.8, 4) is 22.8 Å². The van der Waals surface area contributed by atoms with Crippen LogP contribution in [0.25, 0.3) is 21.3 Å². The molecule has 0 saturated heterocycles. The average Bonchev–Trinajstić information content (AvgIpc) is 3.44. The Hall–Kier alpha value is -3.45. The predicted octanol–water partition coefficient (Wildman–Crippen LogP) is 5.73. The highest BCUT2D eigenvalue weighted by Gasteiger charge is 2.19. The number of Topliss-reactive ketones (excluding diaryl/α,β-unsaturated/α-hetero) is 2. The molecule has 31 heavy (non-hydrogen) atoms. The van der Waals surface area contributed by atoms with Crippen LogP contribution >= 0.6 is 11.3 Å². The van der Waals surface area contributed by atoms with Crippen molar-refractivity contribution in [3.63, 3.8) is 0 Å². The van der Waals surface area contributed by atoms with Gasteiger partial charge in [0.1, 0.15) is 12.0 Å². The molecule has 4 aromatic rings. The molecule has 0 atom stereocenters. The van der Waals surface area contributed by atoms with E-state index in [4.69, 9.17) is 13.9 Å². The Morgan fingerprint density at radius 1 is 1.03 bits per heavy atom. The summed E-state index contributed by atoms with van der Waals surface area (Å²) >= 11 is 1.64. The maximum Gasteiger partial charge on any atom is 0.263 e. The summed E-state index contributed by atoms with van der Waals surface area (Å²) in [6.07, 6.45) is 1.55. The molecule has 0 radical (unpaired) electrons. The van der Waals surface area contributed by atoms with Crippen molar-refractivity contribution in [3.05, 3.63) is 65.1 Å². The summed E-state index contributed by atoms with van der Waals surface area (Å²) in [6, 6.07) is 11.0. The first-order chi connectivity index (χ1) is 15.0. The van der Waals surface area contributed by atoms with Crippen LogP contribution in [0.4, 0.5) is 0 Å². The summed E-state index contributed by atoms with van der Waals surface area (Å²) in [6.45, 7) is 2.07. The Morgan fingerprint density at radius 3 is 2.58 bits per heavy atom. The lowest BCUT2D eigenvalue weighted by Gasteiger charge is -2.08. The fourth-order valence-electron chi connectivity index (χ4n) is 3.41. The number of carbonyl (C=O) groups excluding carboxylic acids is 2. The van der Waals surface area contributed by atoms with Crippen molar-refractivity contribution in [2.45, 2.75) is 19.8 Å². The first kappa shape index (κ1) is 20.8. The van der Waals surface area contributed by atoms with Gasteiger partial charge in [-0.25, -0.2) is 4.98 Å². The van der Waals surface area contributed by atoms with E-state index in [0.29, 0.717) is 22.8 Å². The highest BCUT2D eigenvalue weighted by molar-refractivity contribution is 7.18. The first-order valence-corrected chi connectivity index (χ1v) is 10.6. The van der Waals surface area contributed by atoms with Crippen molar-refractivity contribution >= 4 is 33.0 Å². The number of oxazole rings is 1. The minimum Gasteiger partial charge on any atom is -0.493 e. The lowest BCUT2D eigenvalue weighted by molar-refractivity contribution is 0.0898. The van der Waals surface area contributed by atoms with Crippen molar-refractivity contribution in [2.75, 3.05) is 14.2 Å². The molecule has 2 aromatic heterocycles. The van der Waals surface area contributed by atoms with E-state index in [1.807, 2.05) is 17.5 Å². The molecule has 7 heteroatoms. The number of hydrogen-bond acceptors (Lipinski definition) is 7. The predicted molar refractivity (Wildman–Crippen MR) is 120 cm³/mol. The zero-order valence-electron chi connectivity index (χ0n) is 17.4. The first-order valence-electron chi connectivity index (χ1n) is 9.73. The molecule has 0 fully saturated rings. The largest absolute Gasteiger partial charge is 0.493 e. The van der Waals surface area contributed by atoms with Gasteiger partial charge in [0.2, 0.25) is 5.78 Å². The van der Waals surface area contributed by atoms with Gasteiger partial charge in [-0.15, -0.1) is 11.3 Å². The van der Waals surface area contributed by atoms with E-state index in [2.05, 4.69) is 18.0 Å². The number of carbonyl (C=O) groups is 2. The fourth-order valence-corrected chi connectivity index (χ4v) is 4.46. The lowest BCUT2D eigenvalue weighted by atomic mass is 10.0. The molecule has 0 amide bonds. The maximum atomic E-state index is 12.6. The standard InChI is InChI=1S/C24H21NO5S/c1-14-5-4-6-16-17(13-31-23(14)16)18-12-30-24(25-18)20(27)9-8-19(26)15-7-10-21(28-2)22(11-15)29-3/h4-7,10-13H,8-9H2,1-3H3. The van der Waals surface area contributed by atoms with Gasteiger partial charge in [0.25, 0.3) is 5.89 Å². The summed E-state index contributed by atoms with van der Waals surface area (Å²) < 4.78 is 17.0. The van der Waals surface area contributed by atoms with Gasteiger partial charge in [-0.3, -0.25) is 9.59 Å². The zero-order valence-corrected chi connectivity index (χ0v) is 18.2. The van der Waals surface area contributed by atoms with E-state index < -0.39 is 0 Å². The van der Waals surface area contributed by atoms with E-state index in [1.54, 1.807) is 29.5 Å². The Bertz CT molecular complexity index is 1270. The zero-order chi connectivity index (χ0) is 22.0. The number of hydrogen-bond donors (Lipinski definition) is 0. The second kappa shape index (κ2) is 8.73. The number of fused-ring (bicyclic) bond motifs is 1. The molecule has 158 valence electrons. The third kappa shape index (κ3) is 4.09. The van der Waals surface area contributed by atoms with Gasteiger partial charge >= 0.3 is 0 Å². The maximum absolute atomic E-state index is 12.6. The van der Waals surface area contributed by atoms with Crippen molar-refractivity contribution < 1.29 is 23.5 Å².